The summed E-state index contributed by atoms with van der Waals surface area (Å²) in [6, 6.07) is 1.81. The van der Waals surface area contributed by atoms with Gasteiger partial charge in [-0.05, 0) is 54.4 Å². The standard InChI is InChI=1S/C23H30O4/c1-14-6-7-19-22(2,3)8-5-9-23(19,4)17(14)10-15-11-18-21(27-13-26-18)16(12-24)20(15)25/h10-12,14,19,25H,5-9,13H2,1-4H3/b17-10+/t14-,19-,23+/m0/s1. The van der Waals surface area contributed by atoms with Crippen molar-refractivity contribution in [2.45, 2.75) is 59.8 Å². The lowest BCUT2D eigenvalue weighted by Crippen LogP contribution is -2.47. The van der Waals surface area contributed by atoms with Crippen LogP contribution in [0.4, 0.5) is 0 Å². The van der Waals surface area contributed by atoms with Crippen LogP contribution in [0.25, 0.3) is 6.08 Å². The molecule has 0 radical (unpaired) electrons. The largest absolute Gasteiger partial charge is 0.506 e. The molecule has 4 nitrogen and oxygen atoms in total. The van der Waals surface area contributed by atoms with Gasteiger partial charge in [-0.15, -0.1) is 0 Å². The van der Waals surface area contributed by atoms with Gasteiger partial charge in [-0.3, -0.25) is 4.79 Å². The molecule has 2 aliphatic carbocycles. The fourth-order valence-electron chi connectivity index (χ4n) is 6.08. The highest BCUT2D eigenvalue weighted by Gasteiger charge is 2.51. The Hall–Kier alpha value is -1.97. The highest BCUT2D eigenvalue weighted by Crippen LogP contribution is 2.61. The fraction of sp³-hybridized carbons (Fsp3) is 0.609. The van der Waals surface area contributed by atoms with Gasteiger partial charge in [-0.1, -0.05) is 45.8 Å². The van der Waals surface area contributed by atoms with E-state index in [1.165, 1.54) is 37.7 Å². The number of carbonyl (C=O) groups excluding carboxylic acids is 1. The smallest absolute Gasteiger partial charge is 0.231 e. The lowest BCUT2D eigenvalue weighted by molar-refractivity contribution is -0.00534. The molecule has 0 spiro atoms. The summed E-state index contributed by atoms with van der Waals surface area (Å²) in [7, 11) is 0. The highest BCUT2D eigenvalue weighted by atomic mass is 16.7. The predicted octanol–water partition coefficient (Wildman–Crippen LogP) is 5.58. The minimum Gasteiger partial charge on any atom is -0.506 e. The van der Waals surface area contributed by atoms with Crippen LogP contribution in [0.5, 0.6) is 17.2 Å². The molecule has 0 amide bonds. The van der Waals surface area contributed by atoms with E-state index in [1.54, 1.807) is 0 Å². The van der Waals surface area contributed by atoms with Gasteiger partial charge in [0.05, 0.1) is 0 Å². The average Bonchev–Trinajstić information content (AvgIpc) is 3.05. The van der Waals surface area contributed by atoms with Crippen molar-refractivity contribution in [3.8, 4) is 17.2 Å². The third-order valence-corrected chi connectivity index (χ3v) is 7.44. The number of hydrogen-bond acceptors (Lipinski definition) is 4. The second-order valence-electron chi connectivity index (χ2n) is 9.47. The third-order valence-electron chi connectivity index (χ3n) is 7.44. The molecular weight excluding hydrogens is 340 g/mol. The van der Waals surface area contributed by atoms with Crippen molar-refractivity contribution in [2.75, 3.05) is 6.79 Å². The number of fused-ring (bicyclic) bond motifs is 2. The molecule has 0 unspecified atom stereocenters. The van der Waals surface area contributed by atoms with E-state index in [0.717, 1.165) is 0 Å². The van der Waals surface area contributed by atoms with Gasteiger partial charge < -0.3 is 14.6 Å². The normalized spacial score (nSPS) is 33.0. The average molecular weight is 370 g/mol. The predicted molar refractivity (Wildman–Crippen MR) is 105 cm³/mol. The topological polar surface area (TPSA) is 55.8 Å². The van der Waals surface area contributed by atoms with Crippen molar-refractivity contribution in [3.63, 3.8) is 0 Å². The molecule has 1 aromatic rings. The van der Waals surface area contributed by atoms with Crippen molar-refractivity contribution in [2.24, 2.45) is 22.7 Å². The first-order chi connectivity index (χ1) is 12.8. The van der Waals surface area contributed by atoms with Crippen molar-refractivity contribution < 1.29 is 19.4 Å². The zero-order chi connectivity index (χ0) is 19.4. The molecule has 2 fully saturated rings. The number of aromatic hydroxyl groups is 1. The first kappa shape index (κ1) is 18.4. The van der Waals surface area contributed by atoms with Gasteiger partial charge in [0.25, 0.3) is 0 Å². The van der Waals surface area contributed by atoms with E-state index in [2.05, 4.69) is 33.8 Å². The minimum atomic E-state index is -0.00487. The summed E-state index contributed by atoms with van der Waals surface area (Å²) < 4.78 is 10.9. The number of rotatable bonds is 2. The number of hydrogen-bond donors (Lipinski definition) is 1. The van der Waals surface area contributed by atoms with E-state index in [9.17, 15) is 9.90 Å². The van der Waals surface area contributed by atoms with Crippen molar-refractivity contribution in [1.29, 1.82) is 0 Å². The molecule has 0 aromatic heterocycles. The second kappa shape index (κ2) is 6.29. The second-order valence-corrected chi connectivity index (χ2v) is 9.47. The van der Waals surface area contributed by atoms with Crippen molar-refractivity contribution >= 4 is 12.4 Å². The molecule has 3 atom stereocenters. The molecule has 1 heterocycles. The van der Waals surface area contributed by atoms with Gasteiger partial charge in [0.15, 0.2) is 17.8 Å². The monoisotopic (exact) mass is 370 g/mol. The molecule has 0 bridgehead atoms. The Morgan fingerprint density at radius 2 is 1.96 bits per heavy atom. The maximum atomic E-state index is 11.6. The van der Waals surface area contributed by atoms with E-state index >= 15 is 0 Å². The summed E-state index contributed by atoms with van der Waals surface area (Å²) in [6.45, 7) is 9.60. The first-order valence-corrected chi connectivity index (χ1v) is 10.1. The number of allylic oxidation sites excluding steroid dienone is 1. The van der Waals surface area contributed by atoms with E-state index in [-0.39, 0.29) is 23.5 Å². The third kappa shape index (κ3) is 2.76. The first-order valence-electron chi connectivity index (χ1n) is 10.1. The van der Waals surface area contributed by atoms with Crippen molar-refractivity contribution in [1.82, 2.24) is 0 Å². The number of ether oxygens (including phenoxy) is 2. The molecule has 1 N–H and O–H groups in total. The summed E-state index contributed by atoms with van der Waals surface area (Å²) in [5.74, 6) is 1.99. The summed E-state index contributed by atoms with van der Waals surface area (Å²) in [5.41, 5.74) is 2.71. The number of aldehydes is 1. The maximum absolute atomic E-state index is 11.6. The summed E-state index contributed by atoms with van der Waals surface area (Å²) in [6.07, 6.45) is 8.90. The van der Waals surface area contributed by atoms with Gasteiger partial charge >= 0.3 is 0 Å². The highest BCUT2D eigenvalue weighted by molar-refractivity contribution is 5.88. The molecule has 4 heteroatoms. The quantitative estimate of drug-likeness (QED) is 0.691. The SMILES string of the molecule is C[C@H]1CC[C@H]2C(C)(C)CCC[C@]2(C)/C1=C/c1cc2c(c(C=O)c1O)OCO2. The molecule has 27 heavy (non-hydrogen) atoms. The number of phenolic OH excluding ortho intramolecular Hbond substituents is 1. The number of phenols is 1. The van der Waals surface area contributed by atoms with E-state index in [0.29, 0.717) is 40.6 Å². The molecule has 4 rings (SSSR count). The molecule has 0 saturated heterocycles. The maximum Gasteiger partial charge on any atom is 0.231 e. The Morgan fingerprint density at radius 1 is 1.19 bits per heavy atom. The zero-order valence-corrected chi connectivity index (χ0v) is 16.8. The van der Waals surface area contributed by atoms with Gasteiger partial charge in [-0.2, -0.15) is 0 Å². The molecule has 1 aliphatic heterocycles. The van der Waals surface area contributed by atoms with E-state index in [4.69, 9.17) is 9.47 Å². The van der Waals surface area contributed by atoms with Crippen LogP contribution in [0, 0.1) is 22.7 Å². The number of benzene rings is 1. The molecule has 146 valence electrons. The minimum absolute atomic E-state index is 0.00487. The van der Waals surface area contributed by atoms with Crippen molar-refractivity contribution in [3.05, 3.63) is 22.8 Å². The molecular formula is C23H30O4. The summed E-state index contributed by atoms with van der Waals surface area (Å²) in [5, 5.41) is 10.7. The van der Waals surface area contributed by atoms with Crippen LogP contribution in [0.1, 0.15) is 75.7 Å². The summed E-state index contributed by atoms with van der Waals surface area (Å²) >= 11 is 0. The molecule has 3 aliphatic rings. The Kier molecular flexibility index (Phi) is 4.28. The Balaban J connectivity index is 1.84. The van der Waals surface area contributed by atoms with Gasteiger partial charge in [-0.25, -0.2) is 0 Å². The Morgan fingerprint density at radius 3 is 2.70 bits per heavy atom. The summed E-state index contributed by atoms with van der Waals surface area (Å²) in [4.78, 5) is 11.6. The van der Waals surface area contributed by atoms with Crippen LogP contribution in [-0.2, 0) is 0 Å². The zero-order valence-electron chi connectivity index (χ0n) is 16.8. The van der Waals surface area contributed by atoms with E-state index < -0.39 is 0 Å². The van der Waals surface area contributed by atoms with Gasteiger partial charge in [0, 0.05) is 5.56 Å². The lowest BCUT2D eigenvalue weighted by Gasteiger charge is -2.56. The molecule has 2 saturated carbocycles. The van der Waals surface area contributed by atoms with Gasteiger partial charge in [0.2, 0.25) is 6.79 Å². The van der Waals surface area contributed by atoms with Crippen LogP contribution >= 0.6 is 0 Å². The lowest BCUT2D eigenvalue weighted by atomic mass is 9.48. The van der Waals surface area contributed by atoms with E-state index in [1.807, 2.05) is 6.07 Å². The van der Waals surface area contributed by atoms with Crippen LogP contribution in [0.15, 0.2) is 11.6 Å². The van der Waals surface area contributed by atoms with Gasteiger partial charge in [0.1, 0.15) is 11.3 Å². The Bertz CT molecular complexity index is 807. The van der Waals surface area contributed by atoms with Crippen LogP contribution in [0.3, 0.4) is 0 Å². The van der Waals surface area contributed by atoms with Crippen LogP contribution in [-0.4, -0.2) is 18.2 Å². The van der Waals surface area contributed by atoms with Crippen LogP contribution < -0.4 is 9.47 Å². The molecule has 1 aromatic carbocycles. The van der Waals surface area contributed by atoms with Crippen LogP contribution in [0.2, 0.25) is 0 Å². The number of carbonyl (C=O) groups is 1. The fourth-order valence-corrected chi connectivity index (χ4v) is 6.08. The Labute approximate surface area is 161 Å².